The Hall–Kier alpha value is -1.44. The summed E-state index contributed by atoms with van der Waals surface area (Å²) in [5.41, 5.74) is 4.53. The molecule has 1 aromatic heterocycles. The summed E-state index contributed by atoms with van der Waals surface area (Å²) in [5, 5.41) is 10.8. The van der Waals surface area contributed by atoms with Crippen LogP contribution in [0.5, 0.6) is 0 Å². The highest BCUT2D eigenvalue weighted by molar-refractivity contribution is 5.23. The highest BCUT2D eigenvalue weighted by Crippen LogP contribution is 2.38. The van der Waals surface area contributed by atoms with E-state index in [1.165, 1.54) is 16.8 Å². The van der Waals surface area contributed by atoms with E-state index in [4.69, 9.17) is 15.2 Å². The summed E-state index contributed by atoms with van der Waals surface area (Å²) < 4.78 is 13.3. The normalized spacial score (nSPS) is 28.3. The van der Waals surface area contributed by atoms with E-state index in [-0.39, 0.29) is 17.3 Å². The van der Waals surface area contributed by atoms with Gasteiger partial charge in [-0.25, -0.2) is 4.79 Å². The minimum Gasteiger partial charge on any atom is -0.386 e. The van der Waals surface area contributed by atoms with Crippen LogP contribution in [-0.4, -0.2) is 38.6 Å². The molecule has 0 radical (unpaired) electrons. The Kier molecular flexibility index (Phi) is 5.09. The lowest BCUT2D eigenvalue weighted by Crippen LogP contribution is -2.42. The van der Waals surface area contributed by atoms with Crippen molar-refractivity contribution in [1.82, 2.24) is 9.55 Å². The van der Waals surface area contributed by atoms with Crippen LogP contribution < -0.4 is 11.4 Å². The van der Waals surface area contributed by atoms with Crippen LogP contribution in [0.3, 0.4) is 0 Å². The van der Waals surface area contributed by atoms with Gasteiger partial charge < -0.3 is 20.3 Å². The van der Waals surface area contributed by atoms with Crippen LogP contribution in [-0.2, 0) is 9.47 Å². The second-order valence-electron chi connectivity index (χ2n) is 8.56. The highest BCUT2D eigenvalue weighted by Gasteiger charge is 2.48. The Bertz CT molecular complexity index is 630. The molecule has 0 aliphatic carbocycles. The van der Waals surface area contributed by atoms with Crippen molar-refractivity contribution in [2.75, 3.05) is 5.73 Å². The lowest BCUT2D eigenvalue weighted by atomic mass is 9.87. The minimum absolute atomic E-state index is 0.0108. The summed E-state index contributed by atoms with van der Waals surface area (Å²) in [6.07, 6.45) is -0.484. The quantitative estimate of drug-likeness (QED) is 0.869. The largest absolute Gasteiger partial charge is 0.386 e. The van der Waals surface area contributed by atoms with Gasteiger partial charge in [0.05, 0.1) is 11.7 Å². The van der Waals surface area contributed by atoms with Gasteiger partial charge in [-0.05, 0) is 38.7 Å². The molecule has 1 aliphatic heterocycles. The first-order chi connectivity index (χ1) is 10.9. The molecule has 4 atom stereocenters. The van der Waals surface area contributed by atoms with Crippen molar-refractivity contribution in [2.45, 2.75) is 78.1 Å². The third kappa shape index (κ3) is 4.55. The summed E-state index contributed by atoms with van der Waals surface area (Å²) in [6, 6.07) is 1.51. The van der Waals surface area contributed by atoms with E-state index in [0.717, 1.165) is 0 Å². The van der Waals surface area contributed by atoms with Crippen molar-refractivity contribution in [2.24, 2.45) is 5.41 Å². The molecule has 0 bridgehead atoms. The zero-order chi connectivity index (χ0) is 18.3. The summed E-state index contributed by atoms with van der Waals surface area (Å²) in [5.74, 6) is 0.137. The third-order valence-corrected chi connectivity index (χ3v) is 3.74. The van der Waals surface area contributed by atoms with Gasteiger partial charge in [0.15, 0.2) is 6.23 Å². The number of rotatable bonds is 3. The van der Waals surface area contributed by atoms with Gasteiger partial charge in [0.25, 0.3) is 0 Å². The van der Waals surface area contributed by atoms with Crippen molar-refractivity contribution in [3.63, 3.8) is 0 Å². The molecule has 3 N–H and O–H groups in total. The summed E-state index contributed by atoms with van der Waals surface area (Å²) in [6.45, 7) is 12.1. The molecule has 7 heteroatoms. The fraction of sp³-hybridized carbons (Fsp3) is 0.765. The van der Waals surface area contributed by atoms with Crippen molar-refractivity contribution in [3.05, 3.63) is 22.7 Å². The summed E-state index contributed by atoms with van der Waals surface area (Å²) >= 11 is 0. The molecule has 1 saturated heterocycles. The predicted molar refractivity (Wildman–Crippen MR) is 91.5 cm³/mol. The number of ether oxygens (including phenoxy) is 2. The molecule has 1 aliphatic rings. The van der Waals surface area contributed by atoms with Crippen LogP contribution in [0.1, 0.15) is 54.2 Å². The number of nitrogens with two attached hydrogens (primary N) is 1. The molecule has 2 rings (SSSR count). The highest BCUT2D eigenvalue weighted by atomic mass is 16.6. The second-order valence-corrected chi connectivity index (χ2v) is 8.56. The van der Waals surface area contributed by atoms with Gasteiger partial charge in [0, 0.05) is 6.20 Å². The van der Waals surface area contributed by atoms with E-state index in [2.05, 4.69) is 25.8 Å². The number of nitrogens with zero attached hydrogens (tertiary/aromatic N) is 2. The standard InChI is InChI=1S/C17H29N3O4/c1-16(2,3)9-10-13(24-17(4,5)6)12(21)14(23-10)20-8-7-11(18)19-15(20)22/h7-8,10,12-14,21H,9H2,1-6H3,(H2,18,19,22)/t10-,12?,13+,14-/m1/s1. The molecular formula is C17H29N3O4. The van der Waals surface area contributed by atoms with Gasteiger partial charge in [0.1, 0.15) is 18.0 Å². The number of hydrogen-bond acceptors (Lipinski definition) is 6. The Morgan fingerprint density at radius 3 is 2.46 bits per heavy atom. The van der Waals surface area contributed by atoms with Gasteiger partial charge in [0.2, 0.25) is 0 Å². The lowest BCUT2D eigenvalue weighted by Gasteiger charge is -2.32. The first-order valence-corrected chi connectivity index (χ1v) is 8.23. The molecule has 7 nitrogen and oxygen atoms in total. The molecule has 136 valence electrons. The maximum atomic E-state index is 12.1. The van der Waals surface area contributed by atoms with Crippen molar-refractivity contribution in [1.29, 1.82) is 0 Å². The number of aliphatic hydroxyl groups is 1. The Balaban J connectivity index is 2.33. The number of aromatic nitrogens is 2. The van der Waals surface area contributed by atoms with Crippen molar-refractivity contribution >= 4 is 5.82 Å². The second kappa shape index (κ2) is 6.46. The van der Waals surface area contributed by atoms with Gasteiger partial charge in [-0.15, -0.1) is 0 Å². The first kappa shape index (κ1) is 18.9. The SMILES string of the molecule is CC(C)(C)C[C@H]1O[C@@H](n2ccc(N)nc2=O)C(O)[C@H]1OC(C)(C)C. The van der Waals surface area contributed by atoms with Crippen LogP contribution >= 0.6 is 0 Å². The van der Waals surface area contributed by atoms with E-state index < -0.39 is 29.7 Å². The summed E-state index contributed by atoms with van der Waals surface area (Å²) in [4.78, 5) is 15.8. The zero-order valence-electron chi connectivity index (χ0n) is 15.3. The molecule has 1 unspecified atom stereocenters. The fourth-order valence-electron chi connectivity index (χ4n) is 2.89. The number of hydrogen-bond donors (Lipinski definition) is 2. The lowest BCUT2D eigenvalue weighted by molar-refractivity contribution is -0.117. The van der Waals surface area contributed by atoms with Crippen molar-refractivity contribution in [3.8, 4) is 0 Å². The van der Waals surface area contributed by atoms with E-state index in [9.17, 15) is 9.90 Å². The Morgan fingerprint density at radius 1 is 1.33 bits per heavy atom. The molecule has 0 aromatic carbocycles. The minimum atomic E-state index is -0.973. The van der Waals surface area contributed by atoms with Crippen LogP contribution in [0.2, 0.25) is 0 Å². The average molecular weight is 339 g/mol. The maximum Gasteiger partial charge on any atom is 0.351 e. The number of aliphatic hydroxyl groups excluding tert-OH is 1. The molecule has 0 amide bonds. The topological polar surface area (TPSA) is 99.6 Å². The molecule has 24 heavy (non-hydrogen) atoms. The van der Waals surface area contributed by atoms with E-state index >= 15 is 0 Å². The van der Waals surface area contributed by atoms with Gasteiger partial charge in [-0.3, -0.25) is 4.57 Å². The van der Waals surface area contributed by atoms with Gasteiger partial charge in [-0.2, -0.15) is 4.98 Å². The Labute approximate surface area is 142 Å². The summed E-state index contributed by atoms with van der Waals surface area (Å²) in [7, 11) is 0. The first-order valence-electron chi connectivity index (χ1n) is 8.23. The zero-order valence-corrected chi connectivity index (χ0v) is 15.3. The molecule has 0 spiro atoms. The van der Waals surface area contributed by atoms with E-state index in [0.29, 0.717) is 6.42 Å². The molecule has 1 aromatic rings. The van der Waals surface area contributed by atoms with Gasteiger partial charge >= 0.3 is 5.69 Å². The smallest absolute Gasteiger partial charge is 0.351 e. The predicted octanol–water partition coefficient (Wildman–Crippen LogP) is 1.70. The number of anilines is 1. The number of nitrogen functional groups attached to an aromatic ring is 1. The molecule has 1 fully saturated rings. The fourth-order valence-corrected chi connectivity index (χ4v) is 2.89. The molecular weight excluding hydrogens is 310 g/mol. The van der Waals surface area contributed by atoms with Crippen LogP contribution in [0.25, 0.3) is 0 Å². The van der Waals surface area contributed by atoms with E-state index in [1.807, 2.05) is 20.8 Å². The van der Waals surface area contributed by atoms with Crippen LogP contribution in [0, 0.1) is 5.41 Å². The monoisotopic (exact) mass is 339 g/mol. The molecule has 2 heterocycles. The maximum absolute atomic E-state index is 12.1. The van der Waals surface area contributed by atoms with Gasteiger partial charge in [-0.1, -0.05) is 20.8 Å². The Morgan fingerprint density at radius 2 is 1.96 bits per heavy atom. The van der Waals surface area contributed by atoms with Crippen LogP contribution in [0.4, 0.5) is 5.82 Å². The third-order valence-electron chi connectivity index (χ3n) is 3.74. The van der Waals surface area contributed by atoms with E-state index in [1.54, 1.807) is 0 Å². The average Bonchev–Trinajstić information content (AvgIpc) is 2.64. The molecule has 0 saturated carbocycles. The van der Waals surface area contributed by atoms with Crippen molar-refractivity contribution < 1.29 is 14.6 Å². The van der Waals surface area contributed by atoms with Crippen LogP contribution in [0.15, 0.2) is 17.1 Å².